The summed E-state index contributed by atoms with van der Waals surface area (Å²) >= 11 is 0. The minimum atomic E-state index is -3.39. The number of hydrogen-bond acceptors (Lipinski definition) is 4. The molecule has 2 aromatic rings. The monoisotopic (exact) mass is 328 g/mol. The SMILES string of the molecule is O=S(=O)(c1ccccc1)C1Cc2ccccc2N1C1CCNC1. The predicted octanol–water partition coefficient (Wildman–Crippen LogP) is 2.21. The van der Waals surface area contributed by atoms with Crippen LogP contribution in [0.5, 0.6) is 0 Å². The van der Waals surface area contributed by atoms with E-state index in [1.807, 2.05) is 30.3 Å². The summed E-state index contributed by atoms with van der Waals surface area (Å²) in [5, 5.41) is 2.85. The third kappa shape index (κ3) is 2.44. The molecule has 4 rings (SSSR count). The van der Waals surface area contributed by atoms with Crippen LogP contribution in [0, 0.1) is 0 Å². The Labute approximate surface area is 137 Å². The van der Waals surface area contributed by atoms with Gasteiger partial charge in [-0.25, -0.2) is 8.42 Å². The van der Waals surface area contributed by atoms with Gasteiger partial charge >= 0.3 is 0 Å². The molecule has 0 spiro atoms. The number of rotatable bonds is 3. The van der Waals surface area contributed by atoms with Crippen molar-refractivity contribution in [2.24, 2.45) is 0 Å². The number of nitrogens with one attached hydrogen (secondary N) is 1. The van der Waals surface area contributed by atoms with Crippen LogP contribution in [0.15, 0.2) is 59.5 Å². The molecule has 0 aliphatic carbocycles. The molecule has 2 unspecified atom stereocenters. The van der Waals surface area contributed by atoms with Crippen LogP contribution in [-0.4, -0.2) is 32.9 Å². The highest BCUT2D eigenvalue weighted by molar-refractivity contribution is 7.92. The number of para-hydroxylation sites is 1. The van der Waals surface area contributed by atoms with Crippen molar-refractivity contribution in [1.29, 1.82) is 0 Å². The number of sulfone groups is 1. The van der Waals surface area contributed by atoms with Crippen molar-refractivity contribution in [2.75, 3.05) is 18.0 Å². The molecule has 5 heteroatoms. The van der Waals surface area contributed by atoms with Crippen LogP contribution in [-0.2, 0) is 16.3 Å². The maximum absolute atomic E-state index is 13.2. The van der Waals surface area contributed by atoms with Crippen molar-refractivity contribution >= 4 is 15.5 Å². The van der Waals surface area contributed by atoms with Gasteiger partial charge in [-0.1, -0.05) is 36.4 Å². The van der Waals surface area contributed by atoms with E-state index in [1.54, 1.807) is 24.3 Å². The largest absolute Gasteiger partial charge is 0.350 e. The normalized spacial score (nSPS) is 23.9. The summed E-state index contributed by atoms with van der Waals surface area (Å²) in [6.45, 7) is 1.79. The number of hydrogen-bond donors (Lipinski definition) is 1. The molecule has 2 heterocycles. The van der Waals surface area contributed by atoms with Gasteiger partial charge in [-0.15, -0.1) is 0 Å². The highest BCUT2D eigenvalue weighted by atomic mass is 32.2. The molecule has 4 nitrogen and oxygen atoms in total. The second-order valence-corrected chi connectivity index (χ2v) is 8.31. The highest BCUT2D eigenvalue weighted by Crippen LogP contribution is 2.38. The summed E-state index contributed by atoms with van der Waals surface area (Å²) in [6, 6.07) is 17.1. The highest BCUT2D eigenvalue weighted by Gasteiger charge is 2.42. The summed E-state index contributed by atoms with van der Waals surface area (Å²) in [7, 11) is -3.39. The molecule has 2 aliphatic heterocycles. The third-order valence-electron chi connectivity index (χ3n) is 4.83. The number of nitrogens with zero attached hydrogens (tertiary/aromatic N) is 1. The van der Waals surface area contributed by atoms with Gasteiger partial charge in [0.15, 0.2) is 9.84 Å². The van der Waals surface area contributed by atoms with Gasteiger partial charge in [-0.2, -0.15) is 0 Å². The molecule has 1 saturated heterocycles. The van der Waals surface area contributed by atoms with E-state index in [9.17, 15) is 8.42 Å². The maximum atomic E-state index is 13.2. The van der Waals surface area contributed by atoms with Gasteiger partial charge in [0.25, 0.3) is 0 Å². The van der Waals surface area contributed by atoms with E-state index in [0.29, 0.717) is 11.3 Å². The smallest absolute Gasteiger partial charge is 0.199 e. The molecule has 2 aliphatic rings. The van der Waals surface area contributed by atoms with Crippen molar-refractivity contribution in [3.05, 3.63) is 60.2 Å². The van der Waals surface area contributed by atoms with Crippen LogP contribution in [0.1, 0.15) is 12.0 Å². The van der Waals surface area contributed by atoms with E-state index < -0.39 is 15.2 Å². The molecule has 120 valence electrons. The maximum Gasteiger partial charge on any atom is 0.199 e. The van der Waals surface area contributed by atoms with Gasteiger partial charge in [0.1, 0.15) is 5.37 Å². The first-order valence-corrected chi connectivity index (χ1v) is 9.58. The van der Waals surface area contributed by atoms with Crippen molar-refractivity contribution in [3.63, 3.8) is 0 Å². The van der Waals surface area contributed by atoms with Crippen molar-refractivity contribution < 1.29 is 8.42 Å². The lowest BCUT2D eigenvalue weighted by Crippen LogP contribution is -2.46. The van der Waals surface area contributed by atoms with E-state index in [4.69, 9.17) is 0 Å². The minimum Gasteiger partial charge on any atom is -0.350 e. The van der Waals surface area contributed by atoms with Crippen LogP contribution in [0.2, 0.25) is 0 Å². The van der Waals surface area contributed by atoms with E-state index in [2.05, 4.69) is 10.2 Å². The molecular weight excluding hydrogens is 308 g/mol. The zero-order chi connectivity index (χ0) is 15.9. The summed E-state index contributed by atoms with van der Waals surface area (Å²) in [5.41, 5.74) is 2.20. The zero-order valence-electron chi connectivity index (χ0n) is 12.9. The Morgan fingerprint density at radius 1 is 1.00 bits per heavy atom. The first-order valence-electron chi connectivity index (χ1n) is 8.04. The molecule has 2 atom stereocenters. The Hall–Kier alpha value is -1.85. The molecule has 1 N–H and O–H groups in total. The summed E-state index contributed by atoms with van der Waals surface area (Å²) in [5.74, 6) is 0. The standard InChI is InChI=1S/C18H20N2O2S/c21-23(22,16-7-2-1-3-8-16)18-12-14-6-4-5-9-17(14)20(18)15-10-11-19-13-15/h1-9,15,18-19H,10-13H2. The van der Waals surface area contributed by atoms with Crippen LogP contribution in [0.25, 0.3) is 0 Å². The average Bonchev–Trinajstić information content (AvgIpc) is 3.22. The Morgan fingerprint density at radius 3 is 2.48 bits per heavy atom. The first kappa shape index (κ1) is 14.7. The number of fused-ring (bicyclic) bond motifs is 1. The Morgan fingerprint density at radius 2 is 1.74 bits per heavy atom. The summed E-state index contributed by atoms with van der Waals surface area (Å²) in [6.07, 6.45) is 1.54. The Kier molecular flexibility index (Phi) is 3.62. The molecule has 0 amide bonds. The first-order chi connectivity index (χ1) is 11.2. The zero-order valence-corrected chi connectivity index (χ0v) is 13.7. The van der Waals surface area contributed by atoms with Gasteiger partial charge in [0.05, 0.1) is 4.90 Å². The van der Waals surface area contributed by atoms with Gasteiger partial charge in [-0.3, -0.25) is 0 Å². The fourth-order valence-electron chi connectivity index (χ4n) is 3.71. The van der Waals surface area contributed by atoms with Gasteiger partial charge in [0, 0.05) is 24.7 Å². The molecular formula is C18H20N2O2S. The van der Waals surface area contributed by atoms with Crippen LogP contribution >= 0.6 is 0 Å². The van der Waals surface area contributed by atoms with Crippen LogP contribution < -0.4 is 10.2 Å². The fourth-order valence-corrected chi connectivity index (χ4v) is 5.55. The van der Waals surface area contributed by atoms with Crippen LogP contribution in [0.3, 0.4) is 0 Å². The van der Waals surface area contributed by atoms with Crippen molar-refractivity contribution in [3.8, 4) is 0 Å². The van der Waals surface area contributed by atoms with Gasteiger partial charge in [0.2, 0.25) is 0 Å². The molecule has 0 bridgehead atoms. The van der Waals surface area contributed by atoms with Crippen molar-refractivity contribution in [2.45, 2.75) is 29.2 Å². The predicted molar refractivity (Wildman–Crippen MR) is 91.3 cm³/mol. The average molecular weight is 328 g/mol. The second kappa shape index (κ2) is 5.65. The lowest BCUT2D eigenvalue weighted by Gasteiger charge is -2.32. The molecule has 0 aromatic heterocycles. The van der Waals surface area contributed by atoms with Gasteiger partial charge < -0.3 is 10.2 Å². The number of anilines is 1. The fraction of sp³-hybridized carbons (Fsp3) is 0.333. The lowest BCUT2D eigenvalue weighted by atomic mass is 10.1. The van der Waals surface area contributed by atoms with E-state index >= 15 is 0 Å². The van der Waals surface area contributed by atoms with E-state index in [1.165, 1.54) is 0 Å². The topological polar surface area (TPSA) is 49.4 Å². The third-order valence-corrected chi connectivity index (χ3v) is 6.87. The number of benzene rings is 2. The van der Waals surface area contributed by atoms with Gasteiger partial charge in [-0.05, 0) is 36.7 Å². The summed E-state index contributed by atoms with van der Waals surface area (Å²) < 4.78 is 26.4. The minimum absolute atomic E-state index is 0.238. The van der Waals surface area contributed by atoms with Crippen LogP contribution in [0.4, 0.5) is 5.69 Å². The van der Waals surface area contributed by atoms with Crippen molar-refractivity contribution in [1.82, 2.24) is 5.32 Å². The molecule has 23 heavy (non-hydrogen) atoms. The second-order valence-electron chi connectivity index (χ2n) is 6.20. The molecule has 0 saturated carbocycles. The molecule has 1 fully saturated rings. The lowest BCUT2D eigenvalue weighted by molar-refractivity contribution is 0.556. The quantitative estimate of drug-likeness (QED) is 0.938. The molecule has 0 radical (unpaired) electrons. The van der Waals surface area contributed by atoms with E-state index in [-0.39, 0.29) is 6.04 Å². The Bertz CT molecular complexity index is 799. The van der Waals surface area contributed by atoms with E-state index in [0.717, 1.165) is 30.8 Å². The summed E-state index contributed by atoms with van der Waals surface area (Å²) in [4.78, 5) is 2.55. The Balaban J connectivity index is 1.79. The molecule has 2 aromatic carbocycles.